The van der Waals surface area contributed by atoms with E-state index in [0.717, 1.165) is 5.69 Å². The van der Waals surface area contributed by atoms with Gasteiger partial charge in [-0.05, 0) is 18.2 Å². The van der Waals surface area contributed by atoms with Crippen LogP contribution in [0.5, 0.6) is 0 Å². The second-order valence-corrected chi connectivity index (χ2v) is 6.43. The lowest BCUT2D eigenvalue weighted by atomic mass is 10.2. The maximum Gasteiger partial charge on any atom is 0.225 e. The van der Waals surface area contributed by atoms with Gasteiger partial charge in [0.05, 0.1) is 12.2 Å². The molecule has 0 bridgehead atoms. The molecule has 1 fully saturated rings. The molecule has 1 aliphatic rings. The summed E-state index contributed by atoms with van der Waals surface area (Å²) in [6.45, 7) is 5.02. The number of hydrogen-bond acceptors (Lipinski definition) is 6. The molecule has 1 aliphatic heterocycles. The van der Waals surface area contributed by atoms with Crippen LogP contribution in [-0.2, 0) is 16.1 Å². The van der Waals surface area contributed by atoms with Crippen molar-refractivity contribution in [1.29, 1.82) is 0 Å². The Bertz CT molecular complexity index is 747. The van der Waals surface area contributed by atoms with Gasteiger partial charge >= 0.3 is 0 Å². The number of carbonyl (C=O) groups is 2. The lowest BCUT2D eigenvalue weighted by Gasteiger charge is -2.35. The van der Waals surface area contributed by atoms with E-state index < -0.39 is 0 Å². The third-order valence-corrected chi connectivity index (χ3v) is 4.59. The number of anilines is 1. The van der Waals surface area contributed by atoms with Gasteiger partial charge in [-0.1, -0.05) is 6.07 Å². The number of rotatable bonds is 6. The van der Waals surface area contributed by atoms with Gasteiger partial charge in [-0.3, -0.25) is 14.6 Å². The van der Waals surface area contributed by atoms with Gasteiger partial charge in [-0.2, -0.15) is 0 Å². The number of hydrogen-bond donors (Lipinski definition) is 0. The van der Waals surface area contributed by atoms with Crippen molar-refractivity contribution >= 4 is 17.8 Å². The lowest BCUT2D eigenvalue weighted by Crippen LogP contribution is -2.49. The van der Waals surface area contributed by atoms with Crippen LogP contribution in [0.3, 0.4) is 0 Å². The van der Waals surface area contributed by atoms with Crippen molar-refractivity contribution < 1.29 is 9.59 Å². The summed E-state index contributed by atoms with van der Waals surface area (Å²) in [4.78, 5) is 42.8. The van der Waals surface area contributed by atoms with Crippen molar-refractivity contribution in [2.75, 3.05) is 37.6 Å². The standard InChI is InChI=1S/C19H24N6O2/c1-16(26)25(15-17-5-2-3-7-20-17)10-6-18(27)23-11-13-24(14-12-23)19-21-8-4-9-22-19/h2-5,7-9H,6,10-15H2,1H3. The average Bonchev–Trinajstić information content (AvgIpc) is 2.72. The predicted molar refractivity (Wildman–Crippen MR) is 101 cm³/mol. The van der Waals surface area contributed by atoms with Crippen molar-refractivity contribution in [3.63, 3.8) is 0 Å². The third kappa shape index (κ3) is 5.22. The van der Waals surface area contributed by atoms with Crippen LogP contribution in [0.1, 0.15) is 19.0 Å². The first-order valence-electron chi connectivity index (χ1n) is 9.08. The molecular formula is C19H24N6O2. The van der Waals surface area contributed by atoms with Gasteiger partial charge in [0.2, 0.25) is 17.8 Å². The van der Waals surface area contributed by atoms with Crippen LogP contribution in [0.4, 0.5) is 5.95 Å². The van der Waals surface area contributed by atoms with E-state index in [1.54, 1.807) is 29.6 Å². The molecule has 27 heavy (non-hydrogen) atoms. The van der Waals surface area contributed by atoms with E-state index in [2.05, 4.69) is 19.9 Å². The van der Waals surface area contributed by atoms with Gasteiger partial charge in [0.25, 0.3) is 0 Å². The highest BCUT2D eigenvalue weighted by atomic mass is 16.2. The maximum atomic E-state index is 12.5. The zero-order valence-corrected chi connectivity index (χ0v) is 15.5. The Morgan fingerprint density at radius 1 is 1.00 bits per heavy atom. The molecule has 0 aromatic carbocycles. The Balaban J connectivity index is 1.48. The van der Waals surface area contributed by atoms with Crippen LogP contribution in [0, 0.1) is 0 Å². The van der Waals surface area contributed by atoms with Gasteiger partial charge in [-0.25, -0.2) is 9.97 Å². The van der Waals surface area contributed by atoms with Crippen LogP contribution in [0.2, 0.25) is 0 Å². The van der Waals surface area contributed by atoms with E-state index in [4.69, 9.17) is 0 Å². The number of pyridine rings is 1. The Morgan fingerprint density at radius 3 is 2.33 bits per heavy atom. The molecule has 2 aromatic rings. The van der Waals surface area contributed by atoms with Crippen molar-refractivity contribution in [2.45, 2.75) is 19.9 Å². The van der Waals surface area contributed by atoms with E-state index in [0.29, 0.717) is 51.6 Å². The summed E-state index contributed by atoms with van der Waals surface area (Å²) in [7, 11) is 0. The fraction of sp³-hybridized carbons (Fsp3) is 0.421. The minimum Gasteiger partial charge on any atom is -0.339 e. The van der Waals surface area contributed by atoms with Gasteiger partial charge < -0.3 is 14.7 Å². The second kappa shape index (κ2) is 9.07. The van der Waals surface area contributed by atoms with E-state index >= 15 is 0 Å². The fourth-order valence-electron chi connectivity index (χ4n) is 3.03. The topological polar surface area (TPSA) is 82.5 Å². The molecule has 0 aliphatic carbocycles. The van der Waals surface area contributed by atoms with Crippen molar-refractivity contribution in [3.05, 3.63) is 48.5 Å². The summed E-state index contributed by atoms with van der Waals surface area (Å²) in [5.74, 6) is 0.707. The molecule has 142 valence electrons. The first-order chi connectivity index (χ1) is 13.1. The first kappa shape index (κ1) is 18.8. The molecule has 1 saturated heterocycles. The average molecular weight is 368 g/mol. The normalized spacial score (nSPS) is 14.1. The van der Waals surface area contributed by atoms with Crippen molar-refractivity contribution in [3.8, 4) is 0 Å². The number of amides is 2. The summed E-state index contributed by atoms with van der Waals surface area (Å²) in [5.41, 5.74) is 0.816. The highest BCUT2D eigenvalue weighted by Gasteiger charge is 2.23. The quantitative estimate of drug-likeness (QED) is 0.755. The van der Waals surface area contributed by atoms with Crippen LogP contribution >= 0.6 is 0 Å². The van der Waals surface area contributed by atoms with Gasteiger partial charge in [0.15, 0.2) is 0 Å². The molecule has 0 radical (unpaired) electrons. The van der Waals surface area contributed by atoms with Crippen LogP contribution < -0.4 is 4.90 Å². The molecule has 2 aromatic heterocycles. The molecule has 0 spiro atoms. The van der Waals surface area contributed by atoms with E-state index in [-0.39, 0.29) is 11.8 Å². The minimum absolute atomic E-state index is 0.0560. The molecule has 0 N–H and O–H groups in total. The predicted octanol–water partition coefficient (Wildman–Crippen LogP) is 0.959. The monoisotopic (exact) mass is 368 g/mol. The van der Waals surface area contributed by atoms with Crippen molar-refractivity contribution in [1.82, 2.24) is 24.8 Å². The summed E-state index contributed by atoms with van der Waals surface area (Å²) < 4.78 is 0. The first-order valence-corrected chi connectivity index (χ1v) is 9.08. The highest BCUT2D eigenvalue weighted by Crippen LogP contribution is 2.11. The summed E-state index contributed by atoms with van der Waals surface area (Å²) in [6.07, 6.45) is 5.46. The number of carbonyl (C=O) groups excluding carboxylic acids is 2. The lowest BCUT2D eigenvalue weighted by molar-refractivity contribution is -0.134. The molecule has 0 atom stereocenters. The van der Waals surface area contributed by atoms with Crippen molar-refractivity contribution in [2.24, 2.45) is 0 Å². The van der Waals surface area contributed by atoms with E-state index in [9.17, 15) is 9.59 Å². The fourth-order valence-corrected chi connectivity index (χ4v) is 3.03. The molecule has 8 heteroatoms. The van der Waals surface area contributed by atoms with Gasteiger partial charge in [0.1, 0.15) is 0 Å². The molecule has 0 unspecified atom stereocenters. The van der Waals surface area contributed by atoms with Crippen LogP contribution in [0.25, 0.3) is 0 Å². The Morgan fingerprint density at radius 2 is 1.70 bits per heavy atom. The van der Waals surface area contributed by atoms with Crippen LogP contribution in [0.15, 0.2) is 42.9 Å². The Hall–Kier alpha value is -3.03. The Labute approximate surface area is 158 Å². The minimum atomic E-state index is -0.0560. The maximum absolute atomic E-state index is 12.5. The number of piperazine rings is 1. The largest absolute Gasteiger partial charge is 0.339 e. The molecule has 3 heterocycles. The molecule has 0 saturated carbocycles. The molecular weight excluding hydrogens is 344 g/mol. The summed E-state index contributed by atoms with van der Waals surface area (Å²) in [6, 6.07) is 7.39. The molecule has 3 rings (SSSR count). The Kier molecular flexibility index (Phi) is 6.30. The zero-order chi connectivity index (χ0) is 19.1. The highest BCUT2D eigenvalue weighted by molar-refractivity contribution is 5.78. The second-order valence-electron chi connectivity index (χ2n) is 6.43. The summed E-state index contributed by atoms with van der Waals surface area (Å²) >= 11 is 0. The molecule has 8 nitrogen and oxygen atoms in total. The zero-order valence-electron chi connectivity index (χ0n) is 15.5. The van der Waals surface area contributed by atoms with Crippen LogP contribution in [-0.4, -0.2) is 69.3 Å². The third-order valence-electron chi connectivity index (χ3n) is 4.59. The summed E-state index contributed by atoms with van der Waals surface area (Å²) in [5, 5.41) is 0. The van der Waals surface area contributed by atoms with Gasteiger partial charge in [-0.15, -0.1) is 0 Å². The SMILES string of the molecule is CC(=O)N(CCC(=O)N1CCN(c2ncccn2)CC1)Cc1ccccn1. The van der Waals surface area contributed by atoms with Gasteiger partial charge in [0, 0.05) is 64.7 Å². The number of nitrogens with zero attached hydrogens (tertiary/aromatic N) is 6. The number of aromatic nitrogens is 3. The smallest absolute Gasteiger partial charge is 0.225 e. The molecule has 2 amide bonds. The van der Waals surface area contributed by atoms with E-state index in [1.165, 1.54) is 6.92 Å². The van der Waals surface area contributed by atoms with E-state index in [1.807, 2.05) is 23.1 Å².